The highest BCUT2D eigenvalue weighted by Gasteiger charge is 2.47. The van der Waals surface area contributed by atoms with Crippen LogP contribution in [-0.4, -0.2) is 23.4 Å². The molecular weight excluding hydrogens is 478 g/mol. The molecule has 0 bridgehead atoms. The van der Waals surface area contributed by atoms with Gasteiger partial charge in [0.1, 0.15) is 23.9 Å². The molecule has 0 saturated carbocycles. The minimum atomic E-state index is -0.853. The quantitative estimate of drug-likeness (QED) is 0.173. The lowest BCUT2D eigenvalue weighted by atomic mass is 9.95. The smallest absolute Gasteiger partial charge is 0.300 e. The predicted octanol–water partition coefficient (Wildman–Crippen LogP) is 6.29. The van der Waals surface area contributed by atoms with E-state index in [0.29, 0.717) is 41.5 Å². The van der Waals surface area contributed by atoms with Crippen LogP contribution < -0.4 is 14.4 Å². The van der Waals surface area contributed by atoms with Gasteiger partial charge >= 0.3 is 0 Å². The van der Waals surface area contributed by atoms with Crippen LogP contribution in [0.15, 0.2) is 115 Å². The minimum absolute atomic E-state index is 0.00714. The third-order valence-electron chi connectivity index (χ3n) is 6.32. The SMILES string of the molecule is CCOc1cccc(/C(O)=C2/C(=O)C(=O)N(c3ccccc3)C2c2cccc(OCc3ccccc3)c2)c1. The average molecular weight is 506 g/mol. The van der Waals surface area contributed by atoms with E-state index in [-0.39, 0.29) is 11.3 Å². The number of rotatable bonds is 8. The number of carbonyl (C=O) groups is 2. The molecule has 1 aliphatic rings. The number of anilines is 1. The molecule has 0 spiro atoms. The molecule has 38 heavy (non-hydrogen) atoms. The summed E-state index contributed by atoms with van der Waals surface area (Å²) < 4.78 is 11.6. The van der Waals surface area contributed by atoms with Crippen molar-refractivity contribution in [3.63, 3.8) is 0 Å². The summed E-state index contributed by atoms with van der Waals surface area (Å²) in [5.74, 6) is -0.581. The topological polar surface area (TPSA) is 76.1 Å². The minimum Gasteiger partial charge on any atom is -0.507 e. The Labute approximate surface area is 221 Å². The number of benzene rings is 4. The predicted molar refractivity (Wildman–Crippen MR) is 146 cm³/mol. The fourth-order valence-electron chi connectivity index (χ4n) is 4.57. The van der Waals surface area contributed by atoms with Gasteiger partial charge in [0, 0.05) is 11.3 Å². The van der Waals surface area contributed by atoms with E-state index in [9.17, 15) is 14.7 Å². The molecule has 1 amide bonds. The molecule has 6 heteroatoms. The second kappa shape index (κ2) is 11.0. The van der Waals surface area contributed by atoms with Crippen LogP contribution in [0.2, 0.25) is 0 Å². The fraction of sp³-hybridized carbons (Fsp3) is 0.125. The van der Waals surface area contributed by atoms with Crippen LogP contribution in [0.1, 0.15) is 29.7 Å². The van der Waals surface area contributed by atoms with Crippen molar-refractivity contribution in [2.24, 2.45) is 0 Å². The molecule has 1 saturated heterocycles. The Kier molecular flexibility index (Phi) is 7.22. The van der Waals surface area contributed by atoms with Gasteiger partial charge in [0.25, 0.3) is 11.7 Å². The van der Waals surface area contributed by atoms with E-state index in [4.69, 9.17) is 9.47 Å². The second-order valence-electron chi connectivity index (χ2n) is 8.81. The molecule has 4 aromatic carbocycles. The van der Waals surface area contributed by atoms with Gasteiger partial charge < -0.3 is 14.6 Å². The molecule has 1 heterocycles. The lowest BCUT2D eigenvalue weighted by Crippen LogP contribution is -2.29. The van der Waals surface area contributed by atoms with Crippen LogP contribution in [0.3, 0.4) is 0 Å². The molecule has 6 nitrogen and oxygen atoms in total. The van der Waals surface area contributed by atoms with Crippen molar-refractivity contribution >= 4 is 23.1 Å². The Morgan fingerprint density at radius 1 is 0.789 bits per heavy atom. The van der Waals surface area contributed by atoms with Crippen molar-refractivity contribution < 1.29 is 24.2 Å². The maximum absolute atomic E-state index is 13.4. The number of ketones is 1. The zero-order valence-corrected chi connectivity index (χ0v) is 20.9. The Bertz CT molecular complexity index is 1480. The molecule has 0 radical (unpaired) electrons. The average Bonchev–Trinajstić information content (AvgIpc) is 3.23. The number of para-hydroxylation sites is 1. The lowest BCUT2D eigenvalue weighted by molar-refractivity contribution is -0.132. The summed E-state index contributed by atoms with van der Waals surface area (Å²) in [5, 5.41) is 11.4. The van der Waals surface area contributed by atoms with Crippen molar-refractivity contribution in [3.8, 4) is 11.5 Å². The van der Waals surface area contributed by atoms with Gasteiger partial charge in [-0.25, -0.2) is 0 Å². The van der Waals surface area contributed by atoms with E-state index >= 15 is 0 Å². The van der Waals surface area contributed by atoms with Gasteiger partial charge in [0.05, 0.1) is 18.2 Å². The summed E-state index contributed by atoms with van der Waals surface area (Å²) in [6.45, 7) is 2.69. The van der Waals surface area contributed by atoms with Crippen LogP contribution >= 0.6 is 0 Å². The van der Waals surface area contributed by atoms with Crippen LogP contribution in [0.5, 0.6) is 11.5 Å². The number of Topliss-reactive ketones (excluding diaryl/α,β-unsaturated/α-hetero) is 1. The molecule has 1 fully saturated rings. The first kappa shape index (κ1) is 24.8. The van der Waals surface area contributed by atoms with E-state index in [0.717, 1.165) is 5.56 Å². The highest BCUT2D eigenvalue weighted by molar-refractivity contribution is 6.51. The van der Waals surface area contributed by atoms with E-state index in [1.165, 1.54) is 4.90 Å². The van der Waals surface area contributed by atoms with Crippen molar-refractivity contribution in [2.45, 2.75) is 19.6 Å². The molecule has 190 valence electrons. The fourth-order valence-corrected chi connectivity index (χ4v) is 4.57. The standard InChI is InChI=1S/C32H27NO5/c1-2-37-26-17-10-14-24(20-26)30(34)28-29(33(32(36)31(28)35)25-15-7-4-8-16-25)23-13-9-18-27(19-23)38-21-22-11-5-3-6-12-22/h3-20,29,34H,2,21H2,1H3/b30-28-. The molecule has 0 aliphatic carbocycles. The number of ether oxygens (including phenoxy) is 2. The van der Waals surface area contributed by atoms with Crippen LogP contribution in [0, 0.1) is 0 Å². The highest BCUT2D eigenvalue weighted by Crippen LogP contribution is 2.43. The van der Waals surface area contributed by atoms with E-state index in [2.05, 4.69) is 0 Å². The maximum atomic E-state index is 13.4. The lowest BCUT2D eigenvalue weighted by Gasteiger charge is -2.25. The molecule has 1 aliphatic heterocycles. The maximum Gasteiger partial charge on any atom is 0.300 e. The van der Waals surface area contributed by atoms with Gasteiger partial charge in [0.2, 0.25) is 0 Å². The van der Waals surface area contributed by atoms with Gasteiger partial charge in [-0.3, -0.25) is 14.5 Å². The number of aliphatic hydroxyl groups is 1. The molecular formula is C32H27NO5. The normalized spacial score (nSPS) is 16.4. The van der Waals surface area contributed by atoms with E-state index in [1.54, 1.807) is 54.6 Å². The zero-order valence-electron chi connectivity index (χ0n) is 20.9. The van der Waals surface area contributed by atoms with Crippen LogP contribution in [0.25, 0.3) is 5.76 Å². The molecule has 1 unspecified atom stereocenters. The monoisotopic (exact) mass is 505 g/mol. The third-order valence-corrected chi connectivity index (χ3v) is 6.32. The summed E-state index contributed by atoms with van der Waals surface area (Å²) >= 11 is 0. The number of hydrogen-bond donors (Lipinski definition) is 1. The molecule has 0 aromatic heterocycles. The van der Waals surface area contributed by atoms with Gasteiger partial charge in [-0.15, -0.1) is 0 Å². The number of carbonyl (C=O) groups excluding carboxylic acids is 2. The summed E-state index contributed by atoms with van der Waals surface area (Å²) in [7, 11) is 0. The van der Waals surface area contributed by atoms with E-state index in [1.807, 2.05) is 61.5 Å². The first-order valence-electron chi connectivity index (χ1n) is 12.4. The number of aliphatic hydroxyl groups excluding tert-OH is 1. The summed E-state index contributed by atoms with van der Waals surface area (Å²) in [6.07, 6.45) is 0. The second-order valence-corrected chi connectivity index (χ2v) is 8.81. The Morgan fingerprint density at radius 2 is 1.45 bits per heavy atom. The van der Waals surface area contributed by atoms with Gasteiger partial charge in [-0.2, -0.15) is 0 Å². The Hall–Kier alpha value is -4.84. The van der Waals surface area contributed by atoms with Crippen molar-refractivity contribution in [1.29, 1.82) is 0 Å². The zero-order chi connectivity index (χ0) is 26.5. The number of nitrogens with zero attached hydrogens (tertiary/aromatic N) is 1. The highest BCUT2D eigenvalue weighted by atomic mass is 16.5. The number of amides is 1. The summed E-state index contributed by atoms with van der Waals surface area (Å²) in [6, 6.07) is 32.0. The van der Waals surface area contributed by atoms with Crippen molar-refractivity contribution in [2.75, 3.05) is 11.5 Å². The van der Waals surface area contributed by atoms with Crippen LogP contribution in [-0.2, 0) is 16.2 Å². The van der Waals surface area contributed by atoms with E-state index < -0.39 is 17.7 Å². The molecule has 5 rings (SSSR count). The van der Waals surface area contributed by atoms with Crippen molar-refractivity contribution in [1.82, 2.24) is 0 Å². The summed E-state index contributed by atoms with van der Waals surface area (Å²) in [5.41, 5.74) is 2.61. The van der Waals surface area contributed by atoms with Gasteiger partial charge in [-0.05, 0) is 54.4 Å². The first-order chi connectivity index (χ1) is 18.6. The van der Waals surface area contributed by atoms with Gasteiger partial charge in [0.15, 0.2) is 0 Å². The first-order valence-corrected chi connectivity index (χ1v) is 12.4. The summed E-state index contributed by atoms with van der Waals surface area (Å²) in [4.78, 5) is 28.2. The molecule has 1 N–H and O–H groups in total. The molecule has 4 aromatic rings. The van der Waals surface area contributed by atoms with Crippen LogP contribution in [0.4, 0.5) is 5.69 Å². The van der Waals surface area contributed by atoms with Crippen molar-refractivity contribution in [3.05, 3.63) is 131 Å². The largest absolute Gasteiger partial charge is 0.507 e. The van der Waals surface area contributed by atoms with Gasteiger partial charge in [-0.1, -0.05) is 72.8 Å². The number of hydrogen-bond acceptors (Lipinski definition) is 5. The Balaban J connectivity index is 1.60. The molecule has 1 atom stereocenters. The third kappa shape index (κ3) is 5.02. The Morgan fingerprint density at radius 3 is 2.16 bits per heavy atom.